The lowest BCUT2D eigenvalue weighted by atomic mass is 9.99. The number of nitrogens with zero attached hydrogens (tertiary/aromatic N) is 3. The van der Waals surface area contributed by atoms with Crippen molar-refractivity contribution in [3.05, 3.63) is 16.3 Å². The van der Waals surface area contributed by atoms with Crippen LogP contribution >= 0.6 is 11.3 Å². The Morgan fingerprint density at radius 1 is 1.47 bits per heavy atom. The number of fused-ring (bicyclic) bond motifs is 2. The SMILES string of the molecule is NC1CC2CCC(C1)N2c1ncc([N+](=O)[O-])s1. The van der Waals surface area contributed by atoms with Gasteiger partial charge in [-0.2, -0.15) is 0 Å². The molecule has 1 aromatic rings. The average molecular weight is 254 g/mol. The van der Waals surface area contributed by atoms with Crippen molar-refractivity contribution in [2.75, 3.05) is 4.90 Å². The molecule has 2 aliphatic rings. The summed E-state index contributed by atoms with van der Waals surface area (Å²) in [7, 11) is 0. The second-order valence-electron chi connectivity index (χ2n) is 4.76. The van der Waals surface area contributed by atoms with E-state index in [1.807, 2.05) is 0 Å². The largest absolute Gasteiger partial charge is 0.345 e. The van der Waals surface area contributed by atoms with E-state index >= 15 is 0 Å². The smallest absolute Gasteiger partial charge is 0.342 e. The molecule has 1 aromatic heterocycles. The van der Waals surface area contributed by atoms with Gasteiger partial charge in [-0.3, -0.25) is 10.1 Å². The number of nitrogens with two attached hydrogens (primary N) is 1. The zero-order valence-electron chi connectivity index (χ0n) is 9.28. The molecule has 7 heteroatoms. The number of nitro groups is 1. The van der Waals surface area contributed by atoms with Gasteiger partial charge in [0, 0.05) is 18.1 Å². The molecule has 17 heavy (non-hydrogen) atoms. The summed E-state index contributed by atoms with van der Waals surface area (Å²) in [6.07, 6.45) is 5.57. The zero-order chi connectivity index (χ0) is 12.0. The molecule has 0 spiro atoms. The van der Waals surface area contributed by atoms with E-state index in [4.69, 9.17) is 5.73 Å². The van der Waals surface area contributed by atoms with Gasteiger partial charge >= 0.3 is 5.00 Å². The van der Waals surface area contributed by atoms with E-state index < -0.39 is 0 Å². The molecule has 0 amide bonds. The minimum Gasteiger partial charge on any atom is -0.342 e. The Morgan fingerprint density at radius 3 is 2.65 bits per heavy atom. The van der Waals surface area contributed by atoms with Gasteiger partial charge in [-0.1, -0.05) is 0 Å². The lowest BCUT2D eigenvalue weighted by Gasteiger charge is -2.37. The summed E-state index contributed by atoms with van der Waals surface area (Å²) < 4.78 is 0. The third kappa shape index (κ3) is 1.79. The fraction of sp³-hybridized carbons (Fsp3) is 0.700. The highest BCUT2D eigenvalue weighted by Gasteiger charge is 2.41. The van der Waals surface area contributed by atoms with Gasteiger partial charge in [-0.25, -0.2) is 4.98 Å². The normalized spacial score (nSPS) is 31.8. The summed E-state index contributed by atoms with van der Waals surface area (Å²) >= 11 is 1.17. The van der Waals surface area contributed by atoms with Crippen LogP contribution in [0.25, 0.3) is 0 Å². The van der Waals surface area contributed by atoms with Crippen molar-refractivity contribution in [3.8, 4) is 0 Å². The van der Waals surface area contributed by atoms with Gasteiger partial charge < -0.3 is 10.6 Å². The summed E-state index contributed by atoms with van der Waals surface area (Å²) in [5, 5.41) is 11.6. The summed E-state index contributed by atoms with van der Waals surface area (Å²) in [5.41, 5.74) is 6.00. The van der Waals surface area contributed by atoms with Gasteiger partial charge in [0.15, 0.2) is 5.13 Å². The maximum Gasteiger partial charge on any atom is 0.345 e. The minimum absolute atomic E-state index is 0.120. The number of hydrogen-bond acceptors (Lipinski definition) is 6. The number of rotatable bonds is 2. The third-order valence-corrected chi connectivity index (χ3v) is 4.61. The fourth-order valence-electron chi connectivity index (χ4n) is 2.99. The van der Waals surface area contributed by atoms with Crippen LogP contribution in [0, 0.1) is 10.1 Å². The molecule has 3 rings (SSSR count). The molecule has 2 fully saturated rings. The topological polar surface area (TPSA) is 85.3 Å². The van der Waals surface area contributed by atoms with Crippen LogP contribution in [0.4, 0.5) is 10.1 Å². The van der Waals surface area contributed by atoms with Crippen LogP contribution in [0.3, 0.4) is 0 Å². The van der Waals surface area contributed by atoms with Gasteiger partial charge in [0.25, 0.3) is 0 Å². The van der Waals surface area contributed by atoms with Crippen molar-refractivity contribution in [2.24, 2.45) is 5.73 Å². The molecule has 92 valence electrons. The lowest BCUT2D eigenvalue weighted by molar-refractivity contribution is -0.380. The molecule has 2 bridgehead atoms. The van der Waals surface area contributed by atoms with Crippen molar-refractivity contribution in [2.45, 2.75) is 43.8 Å². The van der Waals surface area contributed by atoms with Crippen molar-refractivity contribution < 1.29 is 4.92 Å². The van der Waals surface area contributed by atoms with Crippen molar-refractivity contribution in [1.29, 1.82) is 0 Å². The Hall–Kier alpha value is -1.21. The first-order chi connectivity index (χ1) is 8.15. The van der Waals surface area contributed by atoms with Crippen LogP contribution in [0.5, 0.6) is 0 Å². The van der Waals surface area contributed by atoms with E-state index in [2.05, 4.69) is 9.88 Å². The second kappa shape index (κ2) is 3.92. The predicted molar refractivity (Wildman–Crippen MR) is 65.3 cm³/mol. The molecule has 0 saturated carbocycles. The molecule has 2 unspecified atom stereocenters. The minimum atomic E-state index is -0.376. The third-order valence-electron chi connectivity index (χ3n) is 3.65. The van der Waals surface area contributed by atoms with Crippen LogP contribution in [-0.4, -0.2) is 28.0 Å². The molecular weight excluding hydrogens is 240 g/mol. The van der Waals surface area contributed by atoms with E-state index in [0.717, 1.165) is 30.8 Å². The lowest BCUT2D eigenvalue weighted by Crippen LogP contribution is -2.47. The predicted octanol–water partition coefficient (Wildman–Crippen LogP) is 1.51. The molecule has 0 aromatic carbocycles. The van der Waals surface area contributed by atoms with Crippen LogP contribution < -0.4 is 10.6 Å². The van der Waals surface area contributed by atoms with Gasteiger partial charge in [-0.15, -0.1) is 0 Å². The highest BCUT2D eigenvalue weighted by atomic mass is 32.1. The number of aromatic nitrogens is 1. The first kappa shape index (κ1) is 10.9. The molecular formula is C10H14N4O2S. The quantitative estimate of drug-likeness (QED) is 0.638. The first-order valence-corrected chi connectivity index (χ1v) is 6.61. The number of anilines is 1. The molecule has 3 heterocycles. The van der Waals surface area contributed by atoms with Crippen LogP contribution in [-0.2, 0) is 0 Å². The van der Waals surface area contributed by atoms with Gasteiger partial charge in [0.2, 0.25) is 0 Å². The summed E-state index contributed by atoms with van der Waals surface area (Å²) in [6, 6.07) is 1.13. The highest BCUT2D eigenvalue weighted by Crippen LogP contribution is 2.41. The zero-order valence-corrected chi connectivity index (χ0v) is 10.1. The van der Waals surface area contributed by atoms with E-state index in [9.17, 15) is 10.1 Å². The van der Waals surface area contributed by atoms with Gasteiger partial charge in [0.1, 0.15) is 6.20 Å². The molecule has 2 aliphatic heterocycles. The Balaban J connectivity index is 1.86. The monoisotopic (exact) mass is 254 g/mol. The molecule has 0 radical (unpaired) electrons. The van der Waals surface area contributed by atoms with E-state index in [0.29, 0.717) is 12.1 Å². The maximum atomic E-state index is 10.7. The number of piperidine rings is 1. The van der Waals surface area contributed by atoms with Crippen molar-refractivity contribution in [1.82, 2.24) is 4.98 Å². The Labute approximate surface area is 103 Å². The standard InChI is InChI=1S/C10H14N4O2S/c11-6-3-7-1-2-8(4-6)13(7)10-12-5-9(17-10)14(15)16/h5-8H,1-4,11H2. The average Bonchev–Trinajstić information content (AvgIpc) is 2.82. The Morgan fingerprint density at radius 2 is 2.12 bits per heavy atom. The van der Waals surface area contributed by atoms with Crippen molar-refractivity contribution in [3.63, 3.8) is 0 Å². The first-order valence-electron chi connectivity index (χ1n) is 5.79. The van der Waals surface area contributed by atoms with Crippen LogP contribution in [0.15, 0.2) is 6.20 Å². The molecule has 2 saturated heterocycles. The number of thiazole rings is 1. The summed E-state index contributed by atoms with van der Waals surface area (Å²) in [4.78, 5) is 16.7. The molecule has 2 N–H and O–H groups in total. The molecule has 6 nitrogen and oxygen atoms in total. The Kier molecular flexibility index (Phi) is 2.52. The maximum absolute atomic E-state index is 10.7. The highest BCUT2D eigenvalue weighted by molar-refractivity contribution is 7.18. The van der Waals surface area contributed by atoms with Crippen molar-refractivity contribution >= 4 is 21.5 Å². The van der Waals surface area contributed by atoms with Gasteiger partial charge in [0.05, 0.1) is 4.92 Å². The van der Waals surface area contributed by atoms with Crippen LogP contribution in [0.1, 0.15) is 25.7 Å². The molecule has 0 aliphatic carbocycles. The van der Waals surface area contributed by atoms with E-state index in [1.54, 1.807) is 0 Å². The second-order valence-corrected chi connectivity index (χ2v) is 5.75. The Bertz CT molecular complexity index is 435. The summed E-state index contributed by atoms with van der Waals surface area (Å²) in [6.45, 7) is 0. The molecule has 2 atom stereocenters. The van der Waals surface area contributed by atoms with E-state index in [-0.39, 0.29) is 16.0 Å². The summed E-state index contributed by atoms with van der Waals surface area (Å²) in [5.74, 6) is 0. The van der Waals surface area contributed by atoms with Crippen LogP contribution in [0.2, 0.25) is 0 Å². The fourth-order valence-corrected chi connectivity index (χ4v) is 3.87. The van der Waals surface area contributed by atoms with E-state index in [1.165, 1.54) is 17.5 Å². The number of hydrogen-bond donors (Lipinski definition) is 1. The van der Waals surface area contributed by atoms with Gasteiger partial charge in [-0.05, 0) is 37.0 Å².